The molecule has 0 radical (unpaired) electrons. The Hall–Kier alpha value is -1.14. The molecule has 1 aromatic rings. The summed E-state index contributed by atoms with van der Waals surface area (Å²) < 4.78 is 0.668. The molecule has 1 amide bonds. The Morgan fingerprint density at radius 2 is 2.26 bits per heavy atom. The standard InChI is InChI=1S/C12H14BrClN2O3/c1-7(12(18)19)3-2-4-15-11(17)9-5-8(13)6-16-10(9)14/h5-7H,2-4H2,1H3,(H,15,17)(H,18,19). The number of hydrogen-bond acceptors (Lipinski definition) is 3. The van der Waals surface area contributed by atoms with Crippen LogP contribution in [0.1, 0.15) is 30.1 Å². The molecule has 1 unspecified atom stereocenters. The summed E-state index contributed by atoms with van der Waals surface area (Å²) in [5.41, 5.74) is 0.294. The van der Waals surface area contributed by atoms with Gasteiger partial charge in [0, 0.05) is 17.2 Å². The average molecular weight is 350 g/mol. The van der Waals surface area contributed by atoms with Crippen LogP contribution in [0.25, 0.3) is 0 Å². The van der Waals surface area contributed by atoms with Crippen LogP contribution in [-0.4, -0.2) is 28.5 Å². The highest BCUT2D eigenvalue weighted by molar-refractivity contribution is 9.10. The summed E-state index contributed by atoms with van der Waals surface area (Å²) in [6.07, 6.45) is 2.62. The number of nitrogens with one attached hydrogen (secondary N) is 1. The van der Waals surface area contributed by atoms with Crippen molar-refractivity contribution >= 4 is 39.4 Å². The molecule has 0 aromatic carbocycles. The fourth-order valence-corrected chi connectivity index (χ4v) is 1.93. The molecule has 0 saturated heterocycles. The number of aliphatic carboxylic acids is 1. The van der Waals surface area contributed by atoms with Crippen molar-refractivity contribution in [3.8, 4) is 0 Å². The lowest BCUT2D eigenvalue weighted by Gasteiger charge is -2.08. The number of halogens is 2. The van der Waals surface area contributed by atoms with Crippen molar-refractivity contribution < 1.29 is 14.7 Å². The summed E-state index contributed by atoms with van der Waals surface area (Å²) in [5.74, 6) is -1.56. The smallest absolute Gasteiger partial charge is 0.306 e. The van der Waals surface area contributed by atoms with E-state index in [1.807, 2.05) is 0 Å². The zero-order valence-electron chi connectivity index (χ0n) is 10.3. The van der Waals surface area contributed by atoms with Gasteiger partial charge >= 0.3 is 5.97 Å². The summed E-state index contributed by atoms with van der Waals surface area (Å²) in [4.78, 5) is 26.3. The number of rotatable bonds is 6. The van der Waals surface area contributed by atoms with E-state index in [-0.39, 0.29) is 11.1 Å². The van der Waals surface area contributed by atoms with E-state index in [2.05, 4.69) is 26.2 Å². The van der Waals surface area contributed by atoms with Crippen LogP contribution >= 0.6 is 27.5 Å². The van der Waals surface area contributed by atoms with E-state index < -0.39 is 11.9 Å². The minimum atomic E-state index is -0.828. The number of pyridine rings is 1. The second-order valence-electron chi connectivity index (χ2n) is 4.13. The molecule has 0 aliphatic carbocycles. The number of hydrogen-bond donors (Lipinski definition) is 2. The Kier molecular flexibility index (Phi) is 6.24. The van der Waals surface area contributed by atoms with Crippen LogP contribution in [0.5, 0.6) is 0 Å². The molecule has 0 saturated carbocycles. The highest BCUT2D eigenvalue weighted by Crippen LogP contribution is 2.17. The molecular weight excluding hydrogens is 336 g/mol. The molecule has 0 aliphatic rings. The number of carboxylic acids is 1. The fraction of sp³-hybridized carbons (Fsp3) is 0.417. The fourth-order valence-electron chi connectivity index (χ4n) is 1.41. The first-order valence-corrected chi connectivity index (χ1v) is 6.91. The average Bonchev–Trinajstić information content (AvgIpc) is 2.36. The van der Waals surface area contributed by atoms with E-state index in [1.165, 1.54) is 6.20 Å². The van der Waals surface area contributed by atoms with Gasteiger partial charge in [-0.25, -0.2) is 4.98 Å². The molecule has 104 valence electrons. The van der Waals surface area contributed by atoms with Crippen LogP contribution in [-0.2, 0) is 4.79 Å². The van der Waals surface area contributed by atoms with Crippen molar-refractivity contribution in [2.75, 3.05) is 6.54 Å². The third kappa shape index (κ3) is 5.16. The number of carbonyl (C=O) groups is 2. The van der Waals surface area contributed by atoms with Crippen LogP contribution < -0.4 is 5.32 Å². The molecule has 1 heterocycles. The number of carbonyl (C=O) groups excluding carboxylic acids is 1. The van der Waals surface area contributed by atoms with E-state index >= 15 is 0 Å². The Labute approximate surface area is 124 Å². The van der Waals surface area contributed by atoms with Gasteiger partial charge in [0.2, 0.25) is 0 Å². The van der Waals surface area contributed by atoms with Gasteiger partial charge in [0.1, 0.15) is 5.15 Å². The first-order valence-electron chi connectivity index (χ1n) is 5.74. The second-order valence-corrected chi connectivity index (χ2v) is 5.40. The molecule has 0 spiro atoms. The normalized spacial score (nSPS) is 11.9. The zero-order chi connectivity index (χ0) is 14.4. The molecule has 7 heteroatoms. The van der Waals surface area contributed by atoms with Crippen LogP contribution in [0.2, 0.25) is 5.15 Å². The first-order chi connectivity index (χ1) is 8.91. The number of aromatic nitrogens is 1. The van der Waals surface area contributed by atoms with Gasteiger partial charge in [-0.3, -0.25) is 9.59 Å². The predicted molar refractivity (Wildman–Crippen MR) is 75.3 cm³/mol. The van der Waals surface area contributed by atoms with Gasteiger partial charge in [0.05, 0.1) is 11.5 Å². The lowest BCUT2D eigenvalue weighted by atomic mass is 10.1. The summed E-state index contributed by atoms with van der Waals surface area (Å²) in [6.45, 7) is 2.04. The van der Waals surface area contributed by atoms with Gasteiger partial charge in [-0.2, -0.15) is 0 Å². The molecule has 2 N–H and O–H groups in total. The van der Waals surface area contributed by atoms with Gasteiger partial charge in [-0.1, -0.05) is 18.5 Å². The topological polar surface area (TPSA) is 79.3 Å². The van der Waals surface area contributed by atoms with Gasteiger partial charge in [-0.15, -0.1) is 0 Å². The summed E-state index contributed by atoms with van der Waals surface area (Å²) in [6, 6.07) is 1.59. The maximum absolute atomic E-state index is 11.8. The lowest BCUT2D eigenvalue weighted by molar-refractivity contribution is -0.141. The van der Waals surface area contributed by atoms with Crippen molar-refractivity contribution in [2.24, 2.45) is 5.92 Å². The van der Waals surface area contributed by atoms with Crippen LogP contribution in [0, 0.1) is 5.92 Å². The molecule has 1 atom stereocenters. The predicted octanol–water partition coefficient (Wildman–Crippen LogP) is 2.73. The molecule has 0 bridgehead atoms. The highest BCUT2D eigenvalue weighted by Gasteiger charge is 2.13. The number of carboxylic acid groups (broad SMARTS) is 1. The Balaban J connectivity index is 2.43. The molecule has 5 nitrogen and oxygen atoms in total. The maximum atomic E-state index is 11.8. The van der Waals surface area contributed by atoms with E-state index in [1.54, 1.807) is 13.0 Å². The van der Waals surface area contributed by atoms with E-state index in [4.69, 9.17) is 16.7 Å². The van der Waals surface area contributed by atoms with Gasteiger partial charge in [0.15, 0.2) is 0 Å². The third-order valence-corrected chi connectivity index (χ3v) is 3.31. The van der Waals surface area contributed by atoms with Gasteiger partial charge in [0.25, 0.3) is 5.91 Å². The molecular formula is C12H14BrClN2O3. The van der Waals surface area contributed by atoms with Crippen molar-refractivity contribution in [3.63, 3.8) is 0 Å². The van der Waals surface area contributed by atoms with Gasteiger partial charge < -0.3 is 10.4 Å². The zero-order valence-corrected chi connectivity index (χ0v) is 12.7. The minimum absolute atomic E-state index is 0.139. The Bertz CT molecular complexity index is 482. The molecule has 0 aliphatic heterocycles. The van der Waals surface area contributed by atoms with E-state index in [9.17, 15) is 9.59 Å². The highest BCUT2D eigenvalue weighted by atomic mass is 79.9. The summed E-state index contributed by atoms with van der Waals surface area (Å²) in [7, 11) is 0. The second kappa shape index (κ2) is 7.45. The molecule has 1 aromatic heterocycles. The monoisotopic (exact) mass is 348 g/mol. The summed E-state index contributed by atoms with van der Waals surface area (Å²) in [5, 5.41) is 11.5. The van der Waals surface area contributed by atoms with Crippen molar-refractivity contribution in [3.05, 3.63) is 27.5 Å². The lowest BCUT2D eigenvalue weighted by Crippen LogP contribution is -2.25. The molecule has 0 fully saturated rings. The number of nitrogens with zero attached hydrogens (tertiary/aromatic N) is 1. The van der Waals surface area contributed by atoms with Crippen LogP contribution in [0.15, 0.2) is 16.7 Å². The van der Waals surface area contributed by atoms with Crippen molar-refractivity contribution in [1.29, 1.82) is 0 Å². The quantitative estimate of drug-likeness (QED) is 0.611. The third-order valence-electron chi connectivity index (χ3n) is 2.57. The Morgan fingerprint density at radius 3 is 2.89 bits per heavy atom. The van der Waals surface area contributed by atoms with Gasteiger partial charge in [-0.05, 0) is 34.8 Å². The Morgan fingerprint density at radius 1 is 1.58 bits per heavy atom. The van der Waals surface area contributed by atoms with E-state index in [0.717, 1.165) is 0 Å². The SMILES string of the molecule is CC(CCCNC(=O)c1cc(Br)cnc1Cl)C(=O)O. The number of amides is 1. The molecule has 19 heavy (non-hydrogen) atoms. The minimum Gasteiger partial charge on any atom is -0.481 e. The van der Waals surface area contributed by atoms with Crippen molar-refractivity contribution in [2.45, 2.75) is 19.8 Å². The van der Waals surface area contributed by atoms with Crippen LogP contribution in [0.3, 0.4) is 0 Å². The first kappa shape index (κ1) is 15.9. The molecule has 1 rings (SSSR count). The maximum Gasteiger partial charge on any atom is 0.306 e. The van der Waals surface area contributed by atoms with Crippen molar-refractivity contribution in [1.82, 2.24) is 10.3 Å². The summed E-state index contributed by atoms with van der Waals surface area (Å²) >= 11 is 9.04. The van der Waals surface area contributed by atoms with E-state index in [0.29, 0.717) is 29.4 Å². The largest absolute Gasteiger partial charge is 0.481 e. The van der Waals surface area contributed by atoms with Crippen LogP contribution in [0.4, 0.5) is 0 Å².